The van der Waals surface area contributed by atoms with Gasteiger partial charge in [0.25, 0.3) is 0 Å². The Balaban J connectivity index is 1.58. The van der Waals surface area contributed by atoms with Gasteiger partial charge in [0.05, 0.1) is 22.2 Å². The molecule has 2 N–H and O–H groups in total. The summed E-state index contributed by atoms with van der Waals surface area (Å²) in [5.41, 5.74) is 3.59. The highest BCUT2D eigenvalue weighted by Gasteiger charge is 2.16. The van der Waals surface area contributed by atoms with Crippen molar-refractivity contribution in [1.29, 1.82) is 0 Å². The SMILES string of the molecule is CCn1c(CC(=O)Nc2ccc(Cl)c(Cl)c2)nnc1SCC(=O)Nc1ccc(C)c(C)c1. The third-order valence-corrected chi connectivity index (χ3v) is 6.46. The lowest BCUT2D eigenvalue weighted by molar-refractivity contribution is -0.116. The number of thioether (sulfide) groups is 1. The van der Waals surface area contributed by atoms with Crippen LogP contribution >= 0.6 is 35.0 Å². The monoisotopic (exact) mass is 491 g/mol. The number of nitrogens with zero attached hydrogens (tertiary/aromatic N) is 3. The van der Waals surface area contributed by atoms with Crippen molar-refractivity contribution in [3.05, 3.63) is 63.4 Å². The molecule has 0 saturated heterocycles. The second-order valence-electron chi connectivity index (χ2n) is 7.13. The van der Waals surface area contributed by atoms with Crippen molar-refractivity contribution in [2.45, 2.75) is 38.9 Å². The highest BCUT2D eigenvalue weighted by Crippen LogP contribution is 2.25. The summed E-state index contributed by atoms with van der Waals surface area (Å²) in [5.74, 6) is 0.306. The molecule has 0 aliphatic heterocycles. The van der Waals surface area contributed by atoms with Crippen molar-refractivity contribution in [3.8, 4) is 0 Å². The van der Waals surface area contributed by atoms with Crippen molar-refractivity contribution < 1.29 is 9.59 Å². The molecule has 7 nitrogen and oxygen atoms in total. The standard InChI is InChI=1S/C22H23Cl2N5O2S/c1-4-29-19(11-20(30)25-16-7-8-17(23)18(24)10-16)27-28-22(29)32-12-21(31)26-15-6-5-13(2)14(3)9-15/h5-10H,4,11-12H2,1-3H3,(H,25,30)(H,26,31). The van der Waals surface area contributed by atoms with Gasteiger partial charge in [0, 0.05) is 17.9 Å². The predicted octanol–water partition coefficient (Wildman–Crippen LogP) is 5.13. The van der Waals surface area contributed by atoms with Gasteiger partial charge in [0.2, 0.25) is 11.8 Å². The molecule has 0 aliphatic carbocycles. The third kappa shape index (κ3) is 6.25. The maximum Gasteiger partial charge on any atom is 0.234 e. The van der Waals surface area contributed by atoms with E-state index in [9.17, 15) is 9.59 Å². The summed E-state index contributed by atoms with van der Waals surface area (Å²) in [4.78, 5) is 24.8. The predicted molar refractivity (Wildman–Crippen MR) is 130 cm³/mol. The smallest absolute Gasteiger partial charge is 0.234 e. The second kappa shape index (κ2) is 10.8. The molecule has 3 aromatic rings. The average molecular weight is 492 g/mol. The fourth-order valence-corrected chi connectivity index (χ4v) is 4.06. The number of aromatic nitrogens is 3. The van der Waals surface area contributed by atoms with E-state index >= 15 is 0 Å². The minimum absolute atomic E-state index is 0.0382. The number of hydrogen-bond donors (Lipinski definition) is 2. The zero-order valence-corrected chi connectivity index (χ0v) is 20.2. The van der Waals surface area contributed by atoms with Gasteiger partial charge in [0.15, 0.2) is 5.16 Å². The molecule has 0 aliphatic rings. The fourth-order valence-electron chi connectivity index (χ4n) is 2.94. The van der Waals surface area contributed by atoms with E-state index in [1.165, 1.54) is 17.3 Å². The largest absolute Gasteiger partial charge is 0.326 e. The fraction of sp³-hybridized carbons (Fsp3) is 0.273. The maximum atomic E-state index is 12.4. The van der Waals surface area contributed by atoms with Gasteiger partial charge in [-0.05, 0) is 62.2 Å². The molecule has 0 unspecified atom stereocenters. The lowest BCUT2D eigenvalue weighted by Crippen LogP contribution is -2.18. The zero-order valence-electron chi connectivity index (χ0n) is 17.9. The Morgan fingerprint density at radius 3 is 2.31 bits per heavy atom. The summed E-state index contributed by atoms with van der Waals surface area (Å²) in [6, 6.07) is 10.7. The number of rotatable bonds is 8. The van der Waals surface area contributed by atoms with E-state index < -0.39 is 0 Å². The topological polar surface area (TPSA) is 88.9 Å². The number of anilines is 2. The van der Waals surface area contributed by atoms with Gasteiger partial charge in [-0.1, -0.05) is 41.0 Å². The normalized spacial score (nSPS) is 10.8. The Morgan fingerprint density at radius 2 is 1.62 bits per heavy atom. The van der Waals surface area contributed by atoms with Crippen LogP contribution in [0.4, 0.5) is 11.4 Å². The van der Waals surface area contributed by atoms with Crippen LogP contribution in [0.2, 0.25) is 10.0 Å². The summed E-state index contributed by atoms with van der Waals surface area (Å²) < 4.78 is 1.82. The van der Waals surface area contributed by atoms with Crippen molar-refractivity contribution in [2.75, 3.05) is 16.4 Å². The molecule has 10 heteroatoms. The van der Waals surface area contributed by atoms with E-state index in [1.54, 1.807) is 18.2 Å². The van der Waals surface area contributed by atoms with E-state index in [0.29, 0.717) is 33.3 Å². The minimum atomic E-state index is -0.255. The molecular formula is C22H23Cl2N5O2S. The number of aryl methyl sites for hydroxylation is 2. The summed E-state index contributed by atoms with van der Waals surface area (Å²) in [6.07, 6.45) is 0.0382. The molecular weight excluding hydrogens is 469 g/mol. The Kier molecular flexibility index (Phi) is 8.17. The highest BCUT2D eigenvalue weighted by molar-refractivity contribution is 7.99. The van der Waals surface area contributed by atoms with Gasteiger partial charge >= 0.3 is 0 Å². The van der Waals surface area contributed by atoms with Crippen LogP contribution in [0.25, 0.3) is 0 Å². The maximum absolute atomic E-state index is 12.4. The number of halogens is 2. The average Bonchev–Trinajstić information content (AvgIpc) is 3.13. The first-order valence-electron chi connectivity index (χ1n) is 9.93. The number of carbonyl (C=O) groups is 2. The molecule has 2 amide bonds. The van der Waals surface area contributed by atoms with Gasteiger partial charge in [-0.3, -0.25) is 9.59 Å². The molecule has 3 rings (SSSR count). The van der Waals surface area contributed by atoms with Gasteiger partial charge < -0.3 is 15.2 Å². The van der Waals surface area contributed by atoms with Crippen LogP contribution in [0.5, 0.6) is 0 Å². The van der Waals surface area contributed by atoms with Crippen LogP contribution in [-0.2, 0) is 22.6 Å². The number of hydrogen-bond acceptors (Lipinski definition) is 5. The molecule has 0 saturated carbocycles. The van der Waals surface area contributed by atoms with Crippen LogP contribution in [0.3, 0.4) is 0 Å². The quantitative estimate of drug-likeness (QED) is 0.426. The molecule has 1 heterocycles. The third-order valence-electron chi connectivity index (χ3n) is 4.75. The first kappa shape index (κ1) is 24.1. The highest BCUT2D eigenvalue weighted by atomic mass is 35.5. The number of amides is 2. The van der Waals surface area contributed by atoms with Crippen LogP contribution in [0.15, 0.2) is 41.6 Å². The molecule has 0 atom stereocenters. The zero-order chi connectivity index (χ0) is 23.3. The Hall–Kier alpha value is -2.55. The molecule has 1 aromatic heterocycles. The molecule has 2 aromatic carbocycles. The van der Waals surface area contributed by atoms with E-state index in [1.807, 2.05) is 43.5 Å². The molecule has 168 valence electrons. The first-order chi connectivity index (χ1) is 15.3. The summed E-state index contributed by atoms with van der Waals surface area (Å²) in [5, 5.41) is 15.3. The minimum Gasteiger partial charge on any atom is -0.326 e. The number of nitrogens with one attached hydrogen (secondary N) is 2. The van der Waals surface area contributed by atoms with Crippen molar-refractivity contribution in [1.82, 2.24) is 14.8 Å². The van der Waals surface area contributed by atoms with E-state index in [2.05, 4.69) is 20.8 Å². The van der Waals surface area contributed by atoms with Gasteiger partial charge in [0.1, 0.15) is 5.82 Å². The molecule has 0 radical (unpaired) electrons. The summed E-state index contributed by atoms with van der Waals surface area (Å²) in [7, 11) is 0. The molecule has 0 spiro atoms. The number of carbonyl (C=O) groups excluding carboxylic acids is 2. The Labute approximate surface area is 200 Å². The number of benzene rings is 2. The van der Waals surface area contributed by atoms with E-state index in [4.69, 9.17) is 23.2 Å². The lowest BCUT2D eigenvalue weighted by atomic mass is 10.1. The lowest BCUT2D eigenvalue weighted by Gasteiger charge is -2.09. The van der Waals surface area contributed by atoms with Crippen LogP contribution < -0.4 is 10.6 Å². The van der Waals surface area contributed by atoms with Gasteiger partial charge in [-0.25, -0.2) is 0 Å². The van der Waals surface area contributed by atoms with Gasteiger partial charge in [-0.2, -0.15) is 0 Å². The van der Waals surface area contributed by atoms with E-state index in [0.717, 1.165) is 11.3 Å². The van der Waals surface area contributed by atoms with E-state index in [-0.39, 0.29) is 24.0 Å². The molecule has 32 heavy (non-hydrogen) atoms. The van der Waals surface area contributed by atoms with Crippen molar-refractivity contribution in [3.63, 3.8) is 0 Å². The van der Waals surface area contributed by atoms with Crippen LogP contribution in [0, 0.1) is 13.8 Å². The Bertz CT molecular complexity index is 1150. The molecule has 0 fully saturated rings. The van der Waals surface area contributed by atoms with Crippen molar-refractivity contribution in [2.24, 2.45) is 0 Å². The van der Waals surface area contributed by atoms with Crippen molar-refractivity contribution >= 4 is 58.2 Å². The van der Waals surface area contributed by atoms with Gasteiger partial charge in [-0.15, -0.1) is 10.2 Å². The summed E-state index contributed by atoms with van der Waals surface area (Å²) >= 11 is 13.2. The van der Waals surface area contributed by atoms with Crippen LogP contribution in [0.1, 0.15) is 23.9 Å². The summed E-state index contributed by atoms with van der Waals surface area (Å²) in [6.45, 7) is 6.53. The Morgan fingerprint density at radius 1 is 0.938 bits per heavy atom. The van der Waals surface area contributed by atoms with Crippen LogP contribution in [-0.4, -0.2) is 32.3 Å². The first-order valence-corrected chi connectivity index (χ1v) is 11.7. The second-order valence-corrected chi connectivity index (χ2v) is 8.89. The molecule has 0 bridgehead atoms.